The van der Waals surface area contributed by atoms with Crippen molar-refractivity contribution in [2.75, 3.05) is 24.5 Å². The molecule has 1 fully saturated rings. The number of benzene rings is 1. The van der Waals surface area contributed by atoms with Crippen LogP contribution in [0.1, 0.15) is 13.3 Å². The van der Waals surface area contributed by atoms with Gasteiger partial charge in [-0.05, 0) is 6.42 Å². The number of nitrogens with one attached hydrogen (secondary N) is 1. The number of rotatable bonds is 2. The normalized spacial score (nSPS) is 20.7. The predicted molar refractivity (Wildman–Crippen MR) is 60.6 cm³/mol. The second-order valence-electron chi connectivity index (χ2n) is 4.18. The first-order valence-corrected chi connectivity index (χ1v) is 5.75. The summed E-state index contributed by atoms with van der Waals surface area (Å²) in [4.78, 5) is 1.80. The minimum absolute atomic E-state index is 0.114. The van der Waals surface area contributed by atoms with Crippen molar-refractivity contribution in [2.24, 2.45) is 0 Å². The quantitative estimate of drug-likeness (QED) is 0.803. The van der Waals surface area contributed by atoms with E-state index in [0.717, 1.165) is 25.6 Å². The topological polar surface area (TPSA) is 15.3 Å². The Kier molecular flexibility index (Phi) is 3.57. The number of nitrogens with zero attached hydrogens (tertiary/aromatic N) is 1. The van der Waals surface area contributed by atoms with Gasteiger partial charge in [0.2, 0.25) is 0 Å². The SMILES string of the molecule is CCC1CNCCN1c1cc(F)c(F)cc1F. The predicted octanol–water partition coefficient (Wildman–Crippen LogP) is 2.29. The van der Waals surface area contributed by atoms with Crippen LogP contribution in [-0.2, 0) is 0 Å². The molecule has 0 radical (unpaired) electrons. The molecule has 0 aromatic heterocycles. The summed E-state index contributed by atoms with van der Waals surface area (Å²) in [5.74, 6) is -2.85. The van der Waals surface area contributed by atoms with Gasteiger partial charge in [-0.3, -0.25) is 0 Å². The van der Waals surface area contributed by atoms with Crippen LogP contribution < -0.4 is 10.2 Å². The van der Waals surface area contributed by atoms with E-state index in [9.17, 15) is 13.2 Å². The summed E-state index contributed by atoms with van der Waals surface area (Å²) in [6.45, 7) is 4.03. The summed E-state index contributed by atoms with van der Waals surface area (Å²) < 4.78 is 39.7. The van der Waals surface area contributed by atoms with Crippen LogP contribution in [0.2, 0.25) is 0 Å². The second kappa shape index (κ2) is 4.96. The van der Waals surface area contributed by atoms with Crippen molar-refractivity contribution >= 4 is 5.69 Å². The number of hydrogen-bond donors (Lipinski definition) is 1. The summed E-state index contributed by atoms with van der Waals surface area (Å²) in [5, 5.41) is 3.20. The molecule has 1 atom stereocenters. The molecule has 1 heterocycles. The monoisotopic (exact) mass is 244 g/mol. The van der Waals surface area contributed by atoms with E-state index >= 15 is 0 Å². The van der Waals surface area contributed by atoms with Gasteiger partial charge in [0.25, 0.3) is 0 Å². The van der Waals surface area contributed by atoms with Crippen LogP contribution >= 0.6 is 0 Å². The van der Waals surface area contributed by atoms with Gasteiger partial charge in [0.05, 0.1) is 5.69 Å². The van der Waals surface area contributed by atoms with Crippen LogP contribution in [-0.4, -0.2) is 25.7 Å². The summed E-state index contributed by atoms with van der Waals surface area (Å²) in [6, 6.07) is 1.67. The van der Waals surface area contributed by atoms with E-state index in [1.807, 2.05) is 6.92 Å². The molecule has 0 bridgehead atoms. The van der Waals surface area contributed by atoms with E-state index in [2.05, 4.69) is 5.32 Å². The molecule has 1 aliphatic heterocycles. The Bertz CT molecular complexity index is 409. The fourth-order valence-corrected chi connectivity index (χ4v) is 2.17. The molecule has 94 valence electrons. The lowest BCUT2D eigenvalue weighted by molar-refractivity contribution is 0.451. The van der Waals surface area contributed by atoms with Gasteiger partial charge in [-0.15, -0.1) is 0 Å². The van der Waals surface area contributed by atoms with Crippen LogP contribution in [0.5, 0.6) is 0 Å². The van der Waals surface area contributed by atoms with Crippen LogP contribution in [0.4, 0.5) is 18.9 Å². The van der Waals surface area contributed by atoms with Gasteiger partial charge in [0, 0.05) is 37.8 Å². The second-order valence-corrected chi connectivity index (χ2v) is 4.18. The Labute approximate surface area is 98.4 Å². The Morgan fingerprint density at radius 1 is 1.24 bits per heavy atom. The van der Waals surface area contributed by atoms with E-state index < -0.39 is 17.5 Å². The van der Waals surface area contributed by atoms with Crippen LogP contribution in [0.25, 0.3) is 0 Å². The maximum atomic E-state index is 13.7. The van der Waals surface area contributed by atoms with E-state index in [4.69, 9.17) is 0 Å². The average Bonchev–Trinajstić information content (AvgIpc) is 2.34. The largest absolute Gasteiger partial charge is 0.364 e. The lowest BCUT2D eigenvalue weighted by Crippen LogP contribution is -2.51. The van der Waals surface area contributed by atoms with E-state index in [1.54, 1.807) is 4.90 Å². The molecule has 0 spiro atoms. The number of piperazine rings is 1. The molecular formula is C12H15F3N2. The summed E-state index contributed by atoms with van der Waals surface area (Å²) in [5.41, 5.74) is 0.150. The molecule has 2 nitrogen and oxygen atoms in total. The summed E-state index contributed by atoms with van der Waals surface area (Å²) >= 11 is 0. The molecular weight excluding hydrogens is 229 g/mol. The minimum Gasteiger partial charge on any atom is -0.364 e. The highest BCUT2D eigenvalue weighted by atomic mass is 19.2. The number of hydrogen-bond acceptors (Lipinski definition) is 2. The fraction of sp³-hybridized carbons (Fsp3) is 0.500. The zero-order chi connectivity index (χ0) is 12.4. The number of halogens is 3. The van der Waals surface area contributed by atoms with Crippen molar-refractivity contribution in [1.82, 2.24) is 5.32 Å². The molecule has 1 aliphatic rings. The molecule has 1 N–H and O–H groups in total. The molecule has 0 saturated carbocycles. The van der Waals surface area contributed by atoms with Crippen molar-refractivity contribution in [3.63, 3.8) is 0 Å². The summed E-state index contributed by atoms with van der Waals surface area (Å²) in [6.07, 6.45) is 0.825. The highest BCUT2D eigenvalue weighted by Crippen LogP contribution is 2.25. The van der Waals surface area contributed by atoms with Crippen LogP contribution in [0.15, 0.2) is 12.1 Å². The fourth-order valence-electron chi connectivity index (χ4n) is 2.17. The molecule has 1 aromatic carbocycles. The molecule has 5 heteroatoms. The van der Waals surface area contributed by atoms with Crippen molar-refractivity contribution in [2.45, 2.75) is 19.4 Å². The highest BCUT2D eigenvalue weighted by Gasteiger charge is 2.24. The Balaban J connectivity index is 2.34. The Hall–Kier alpha value is -1.23. The lowest BCUT2D eigenvalue weighted by Gasteiger charge is -2.37. The zero-order valence-corrected chi connectivity index (χ0v) is 9.64. The molecule has 1 aromatic rings. The molecule has 1 unspecified atom stereocenters. The average molecular weight is 244 g/mol. The smallest absolute Gasteiger partial charge is 0.161 e. The minimum atomic E-state index is -1.14. The van der Waals surface area contributed by atoms with Gasteiger partial charge in [-0.1, -0.05) is 6.92 Å². The standard InChI is InChI=1S/C12H15F3N2/c1-2-8-7-16-3-4-17(8)12-6-10(14)9(13)5-11(12)15/h5-6,8,16H,2-4,7H2,1H3. The van der Waals surface area contributed by atoms with Crippen molar-refractivity contribution in [3.05, 3.63) is 29.6 Å². The third-order valence-corrected chi connectivity index (χ3v) is 3.12. The van der Waals surface area contributed by atoms with Crippen molar-refractivity contribution < 1.29 is 13.2 Å². The zero-order valence-electron chi connectivity index (χ0n) is 9.64. The van der Waals surface area contributed by atoms with Gasteiger partial charge >= 0.3 is 0 Å². The van der Waals surface area contributed by atoms with E-state index in [1.165, 1.54) is 0 Å². The molecule has 0 amide bonds. The third-order valence-electron chi connectivity index (χ3n) is 3.12. The van der Waals surface area contributed by atoms with E-state index in [0.29, 0.717) is 12.6 Å². The maximum absolute atomic E-state index is 13.7. The van der Waals surface area contributed by atoms with Crippen LogP contribution in [0, 0.1) is 17.5 Å². The first-order valence-electron chi connectivity index (χ1n) is 5.75. The molecule has 17 heavy (non-hydrogen) atoms. The van der Waals surface area contributed by atoms with Crippen molar-refractivity contribution in [3.8, 4) is 0 Å². The molecule has 2 rings (SSSR count). The lowest BCUT2D eigenvalue weighted by atomic mass is 10.1. The Morgan fingerprint density at radius 2 is 1.94 bits per heavy atom. The molecule has 0 aliphatic carbocycles. The van der Waals surface area contributed by atoms with Crippen molar-refractivity contribution in [1.29, 1.82) is 0 Å². The van der Waals surface area contributed by atoms with E-state index in [-0.39, 0.29) is 11.7 Å². The van der Waals surface area contributed by atoms with Gasteiger partial charge in [0.1, 0.15) is 5.82 Å². The number of anilines is 1. The van der Waals surface area contributed by atoms with Gasteiger partial charge < -0.3 is 10.2 Å². The first-order chi connectivity index (χ1) is 8.13. The van der Waals surface area contributed by atoms with Gasteiger partial charge in [-0.2, -0.15) is 0 Å². The maximum Gasteiger partial charge on any atom is 0.161 e. The van der Waals surface area contributed by atoms with Crippen LogP contribution in [0.3, 0.4) is 0 Å². The van der Waals surface area contributed by atoms with Gasteiger partial charge in [0.15, 0.2) is 11.6 Å². The highest BCUT2D eigenvalue weighted by molar-refractivity contribution is 5.50. The summed E-state index contributed by atoms with van der Waals surface area (Å²) in [7, 11) is 0. The molecule has 1 saturated heterocycles. The third kappa shape index (κ3) is 2.39. The first kappa shape index (κ1) is 12.2. The van der Waals surface area contributed by atoms with Gasteiger partial charge in [-0.25, -0.2) is 13.2 Å². The Morgan fingerprint density at radius 3 is 2.65 bits per heavy atom.